The van der Waals surface area contributed by atoms with Crippen molar-refractivity contribution in [1.82, 2.24) is 4.90 Å². The summed E-state index contributed by atoms with van der Waals surface area (Å²) < 4.78 is 0. The second-order valence-electron chi connectivity index (χ2n) is 5.47. The first kappa shape index (κ1) is 17.2. The minimum atomic E-state index is -0.516. The van der Waals surface area contributed by atoms with Crippen LogP contribution in [0.15, 0.2) is 18.2 Å². The standard InChI is InChI=1S/C16H25N3O2/c1-5-6-7-13(17)15(20)18-14-10-12(9-8-11(14)2)16(21)19(3)4/h8-10,13H,5-7,17H2,1-4H3,(H,18,20). The highest BCUT2D eigenvalue weighted by Gasteiger charge is 2.15. The Labute approximate surface area is 126 Å². The molecule has 1 rings (SSSR count). The number of nitrogens with one attached hydrogen (secondary N) is 1. The molecule has 3 N–H and O–H groups in total. The summed E-state index contributed by atoms with van der Waals surface area (Å²) in [6, 6.07) is 4.76. The predicted octanol–water partition coefficient (Wildman–Crippen LogP) is 2.15. The van der Waals surface area contributed by atoms with Crippen molar-refractivity contribution in [2.45, 2.75) is 39.2 Å². The fourth-order valence-corrected chi connectivity index (χ4v) is 1.93. The van der Waals surface area contributed by atoms with Crippen LogP contribution in [-0.4, -0.2) is 36.9 Å². The highest BCUT2D eigenvalue weighted by Crippen LogP contribution is 2.18. The first-order chi connectivity index (χ1) is 9.86. The molecule has 0 aliphatic heterocycles. The van der Waals surface area contributed by atoms with E-state index in [1.165, 1.54) is 4.90 Å². The van der Waals surface area contributed by atoms with E-state index in [0.29, 0.717) is 17.7 Å². The van der Waals surface area contributed by atoms with E-state index < -0.39 is 6.04 Å². The van der Waals surface area contributed by atoms with Crippen molar-refractivity contribution < 1.29 is 9.59 Å². The minimum Gasteiger partial charge on any atom is -0.345 e. The van der Waals surface area contributed by atoms with Crippen LogP contribution >= 0.6 is 0 Å². The summed E-state index contributed by atoms with van der Waals surface area (Å²) in [5.41, 5.74) is 7.95. The molecule has 0 heterocycles. The van der Waals surface area contributed by atoms with Gasteiger partial charge in [0, 0.05) is 25.3 Å². The van der Waals surface area contributed by atoms with Crippen molar-refractivity contribution in [3.8, 4) is 0 Å². The average molecular weight is 291 g/mol. The normalized spacial score (nSPS) is 11.9. The third-order valence-electron chi connectivity index (χ3n) is 3.35. The Hall–Kier alpha value is -1.88. The molecule has 0 saturated carbocycles. The number of rotatable bonds is 6. The molecule has 5 heteroatoms. The second-order valence-corrected chi connectivity index (χ2v) is 5.47. The Morgan fingerprint density at radius 3 is 2.57 bits per heavy atom. The van der Waals surface area contributed by atoms with Gasteiger partial charge in [-0.15, -0.1) is 0 Å². The highest BCUT2D eigenvalue weighted by molar-refractivity contribution is 5.99. The van der Waals surface area contributed by atoms with Crippen molar-refractivity contribution in [3.05, 3.63) is 29.3 Å². The number of hydrogen-bond donors (Lipinski definition) is 2. The van der Waals surface area contributed by atoms with E-state index in [-0.39, 0.29) is 11.8 Å². The molecule has 2 amide bonds. The van der Waals surface area contributed by atoms with Gasteiger partial charge in [0.2, 0.25) is 5.91 Å². The van der Waals surface area contributed by atoms with Gasteiger partial charge in [0.25, 0.3) is 5.91 Å². The molecule has 0 aliphatic carbocycles. The number of carbonyl (C=O) groups is 2. The lowest BCUT2D eigenvalue weighted by Crippen LogP contribution is -2.35. The molecule has 21 heavy (non-hydrogen) atoms. The molecule has 0 aromatic heterocycles. The zero-order valence-electron chi connectivity index (χ0n) is 13.3. The van der Waals surface area contributed by atoms with Gasteiger partial charge >= 0.3 is 0 Å². The summed E-state index contributed by atoms with van der Waals surface area (Å²) in [4.78, 5) is 25.5. The van der Waals surface area contributed by atoms with Gasteiger partial charge in [-0.2, -0.15) is 0 Å². The first-order valence-corrected chi connectivity index (χ1v) is 7.25. The Morgan fingerprint density at radius 2 is 2.00 bits per heavy atom. The summed E-state index contributed by atoms with van der Waals surface area (Å²) >= 11 is 0. The number of carbonyl (C=O) groups excluding carboxylic acids is 2. The molecule has 1 atom stereocenters. The van der Waals surface area contributed by atoms with Crippen LogP contribution in [0.1, 0.15) is 42.1 Å². The zero-order chi connectivity index (χ0) is 16.0. The smallest absolute Gasteiger partial charge is 0.253 e. The Kier molecular flexibility index (Phi) is 6.37. The van der Waals surface area contributed by atoms with Crippen LogP contribution in [0.2, 0.25) is 0 Å². The van der Waals surface area contributed by atoms with Crippen LogP contribution in [0, 0.1) is 6.92 Å². The van der Waals surface area contributed by atoms with Crippen LogP contribution in [0.4, 0.5) is 5.69 Å². The van der Waals surface area contributed by atoms with E-state index in [2.05, 4.69) is 12.2 Å². The third kappa shape index (κ3) is 4.86. The van der Waals surface area contributed by atoms with E-state index in [9.17, 15) is 9.59 Å². The molecule has 0 aliphatic rings. The lowest BCUT2D eigenvalue weighted by Gasteiger charge is -2.15. The van der Waals surface area contributed by atoms with E-state index in [1.807, 2.05) is 13.0 Å². The molecule has 0 radical (unpaired) electrons. The molecule has 1 unspecified atom stereocenters. The first-order valence-electron chi connectivity index (χ1n) is 7.25. The molecule has 0 spiro atoms. The lowest BCUT2D eigenvalue weighted by molar-refractivity contribution is -0.117. The number of nitrogens with zero attached hydrogens (tertiary/aromatic N) is 1. The Bertz CT molecular complexity index is 512. The van der Waals surface area contributed by atoms with Gasteiger partial charge in [0.1, 0.15) is 0 Å². The van der Waals surface area contributed by atoms with Gasteiger partial charge in [-0.1, -0.05) is 25.8 Å². The summed E-state index contributed by atoms with van der Waals surface area (Å²) in [6.45, 7) is 3.95. The molecule has 116 valence electrons. The van der Waals surface area contributed by atoms with Gasteiger partial charge in [-0.25, -0.2) is 0 Å². The van der Waals surface area contributed by atoms with Crippen LogP contribution in [0.3, 0.4) is 0 Å². The summed E-state index contributed by atoms with van der Waals surface area (Å²) in [7, 11) is 3.39. The zero-order valence-corrected chi connectivity index (χ0v) is 13.3. The van der Waals surface area contributed by atoms with Crippen molar-refractivity contribution in [2.24, 2.45) is 5.73 Å². The van der Waals surface area contributed by atoms with Crippen molar-refractivity contribution in [3.63, 3.8) is 0 Å². The number of hydrogen-bond acceptors (Lipinski definition) is 3. The van der Waals surface area contributed by atoms with Crippen molar-refractivity contribution >= 4 is 17.5 Å². The second kappa shape index (κ2) is 7.78. The highest BCUT2D eigenvalue weighted by atomic mass is 16.2. The van der Waals surface area contributed by atoms with Gasteiger partial charge < -0.3 is 16.0 Å². The largest absolute Gasteiger partial charge is 0.345 e. The number of nitrogens with two attached hydrogens (primary N) is 1. The molecule has 5 nitrogen and oxygen atoms in total. The number of benzene rings is 1. The molecule has 1 aromatic rings. The Morgan fingerprint density at radius 1 is 1.33 bits per heavy atom. The maximum absolute atomic E-state index is 12.1. The number of unbranched alkanes of at least 4 members (excludes halogenated alkanes) is 1. The van der Waals surface area contributed by atoms with E-state index in [1.54, 1.807) is 26.2 Å². The SMILES string of the molecule is CCCCC(N)C(=O)Nc1cc(C(=O)N(C)C)ccc1C. The topological polar surface area (TPSA) is 75.4 Å². The van der Waals surface area contributed by atoms with Crippen LogP contribution in [0.5, 0.6) is 0 Å². The fourth-order valence-electron chi connectivity index (χ4n) is 1.93. The van der Waals surface area contributed by atoms with Gasteiger partial charge in [0.05, 0.1) is 6.04 Å². The molecule has 0 fully saturated rings. The van der Waals surface area contributed by atoms with Crippen LogP contribution < -0.4 is 11.1 Å². The molecular weight excluding hydrogens is 266 g/mol. The number of amides is 2. The molecular formula is C16H25N3O2. The molecule has 0 bridgehead atoms. The maximum atomic E-state index is 12.1. The van der Waals surface area contributed by atoms with Gasteiger partial charge in [-0.05, 0) is 31.0 Å². The summed E-state index contributed by atoms with van der Waals surface area (Å²) in [5.74, 6) is -0.304. The predicted molar refractivity (Wildman–Crippen MR) is 85.3 cm³/mol. The molecule has 0 saturated heterocycles. The minimum absolute atomic E-state index is 0.0965. The van der Waals surface area contributed by atoms with Crippen molar-refractivity contribution in [1.29, 1.82) is 0 Å². The quantitative estimate of drug-likeness (QED) is 0.843. The van der Waals surface area contributed by atoms with Crippen LogP contribution in [-0.2, 0) is 4.79 Å². The van der Waals surface area contributed by atoms with Crippen LogP contribution in [0.25, 0.3) is 0 Å². The third-order valence-corrected chi connectivity index (χ3v) is 3.35. The van der Waals surface area contributed by atoms with E-state index >= 15 is 0 Å². The lowest BCUT2D eigenvalue weighted by atomic mass is 10.1. The maximum Gasteiger partial charge on any atom is 0.253 e. The van der Waals surface area contributed by atoms with E-state index in [0.717, 1.165) is 18.4 Å². The number of aryl methyl sites for hydroxylation is 1. The molecule has 1 aromatic carbocycles. The van der Waals surface area contributed by atoms with E-state index in [4.69, 9.17) is 5.73 Å². The number of anilines is 1. The van der Waals surface area contributed by atoms with Crippen molar-refractivity contribution in [2.75, 3.05) is 19.4 Å². The Balaban J connectivity index is 2.85. The van der Waals surface area contributed by atoms with Gasteiger partial charge in [0.15, 0.2) is 0 Å². The fraction of sp³-hybridized carbons (Fsp3) is 0.500. The summed E-state index contributed by atoms with van der Waals surface area (Å²) in [5, 5.41) is 2.82. The summed E-state index contributed by atoms with van der Waals surface area (Å²) in [6.07, 6.45) is 2.59. The van der Waals surface area contributed by atoms with Gasteiger partial charge in [-0.3, -0.25) is 9.59 Å². The monoisotopic (exact) mass is 291 g/mol. The average Bonchev–Trinajstić information content (AvgIpc) is 2.45.